The average molecular weight is 208 g/mol. The van der Waals surface area contributed by atoms with Crippen molar-refractivity contribution in [1.82, 2.24) is 4.90 Å². The van der Waals surface area contributed by atoms with Gasteiger partial charge in [-0.1, -0.05) is 5.92 Å². The first-order valence-corrected chi connectivity index (χ1v) is 5.71. The van der Waals surface area contributed by atoms with Crippen LogP contribution in [0.5, 0.6) is 0 Å². The quantitative estimate of drug-likeness (QED) is 0.684. The second-order valence-electron chi connectivity index (χ2n) is 4.91. The number of nitrogens with two attached hydrogens (primary N) is 1. The zero-order valence-electron chi connectivity index (χ0n) is 9.52. The predicted octanol–water partition coefficient (Wildman–Crippen LogP) is 0.445. The molecule has 4 unspecified atom stereocenters. The second kappa shape index (κ2) is 4.13. The van der Waals surface area contributed by atoms with Crippen LogP contribution < -0.4 is 5.73 Å². The van der Waals surface area contributed by atoms with E-state index >= 15 is 0 Å². The van der Waals surface area contributed by atoms with Crippen LogP contribution in [-0.4, -0.2) is 42.3 Å². The molecule has 1 aliphatic carbocycles. The van der Waals surface area contributed by atoms with Crippen LogP contribution in [0, 0.1) is 18.3 Å². The predicted molar refractivity (Wildman–Crippen MR) is 60.3 cm³/mol. The molecular formula is C12H20N2O. The van der Waals surface area contributed by atoms with E-state index in [1.807, 2.05) is 0 Å². The van der Waals surface area contributed by atoms with Crippen LogP contribution in [0.25, 0.3) is 0 Å². The number of fused-ring (bicyclic) bond motifs is 2. The van der Waals surface area contributed by atoms with Crippen molar-refractivity contribution in [3.8, 4) is 12.3 Å². The zero-order chi connectivity index (χ0) is 11.0. The highest BCUT2D eigenvalue weighted by Crippen LogP contribution is 2.39. The Balaban J connectivity index is 2.03. The van der Waals surface area contributed by atoms with E-state index in [9.17, 15) is 0 Å². The molecule has 4 atom stereocenters. The second-order valence-corrected chi connectivity index (χ2v) is 4.91. The first kappa shape index (κ1) is 10.9. The van der Waals surface area contributed by atoms with Gasteiger partial charge in [0.2, 0.25) is 0 Å². The van der Waals surface area contributed by atoms with Gasteiger partial charge in [0, 0.05) is 18.6 Å². The molecule has 1 heterocycles. The van der Waals surface area contributed by atoms with E-state index in [2.05, 4.69) is 24.7 Å². The van der Waals surface area contributed by atoms with Gasteiger partial charge in [0.25, 0.3) is 0 Å². The number of piperidine rings is 1. The van der Waals surface area contributed by atoms with Gasteiger partial charge < -0.3 is 10.5 Å². The Morgan fingerprint density at radius 1 is 1.60 bits per heavy atom. The Kier molecular flexibility index (Phi) is 3.01. The van der Waals surface area contributed by atoms with E-state index in [0.29, 0.717) is 24.6 Å². The van der Waals surface area contributed by atoms with Crippen LogP contribution in [0.2, 0.25) is 0 Å². The minimum absolute atomic E-state index is 0.247. The number of hydrogen-bond donors (Lipinski definition) is 1. The summed E-state index contributed by atoms with van der Waals surface area (Å²) in [5.74, 6) is 3.13. The molecule has 2 fully saturated rings. The zero-order valence-corrected chi connectivity index (χ0v) is 9.52. The molecule has 3 heteroatoms. The fraction of sp³-hybridized carbons (Fsp3) is 0.833. The molecule has 0 aromatic rings. The monoisotopic (exact) mass is 208 g/mol. The Morgan fingerprint density at radius 3 is 2.87 bits per heavy atom. The molecule has 1 aliphatic heterocycles. The third-order valence-electron chi connectivity index (χ3n) is 3.73. The van der Waals surface area contributed by atoms with E-state index in [1.165, 1.54) is 0 Å². The maximum absolute atomic E-state index is 6.20. The number of ether oxygens (including phenoxy) is 1. The van der Waals surface area contributed by atoms with Crippen LogP contribution in [-0.2, 0) is 4.74 Å². The Hall–Kier alpha value is -0.560. The average Bonchev–Trinajstić information content (AvgIpc) is 2.68. The third kappa shape index (κ3) is 1.78. The van der Waals surface area contributed by atoms with Gasteiger partial charge in [-0.15, -0.1) is 6.42 Å². The summed E-state index contributed by atoms with van der Waals surface area (Å²) >= 11 is 0. The fourth-order valence-corrected chi connectivity index (χ4v) is 3.02. The molecule has 0 radical (unpaired) electrons. The third-order valence-corrected chi connectivity index (χ3v) is 3.73. The van der Waals surface area contributed by atoms with Crippen molar-refractivity contribution in [1.29, 1.82) is 0 Å². The Bertz CT molecular complexity index is 271. The fourth-order valence-electron chi connectivity index (χ4n) is 3.02. The molecule has 2 bridgehead atoms. The van der Waals surface area contributed by atoms with E-state index < -0.39 is 0 Å². The van der Waals surface area contributed by atoms with Gasteiger partial charge in [-0.3, -0.25) is 4.90 Å². The highest BCUT2D eigenvalue weighted by Gasteiger charge is 2.51. The standard InChI is InChI=1S/C12H20N2O/c1-4-5-15-10-6-9-7-14(8(2)3)12(10)11(9)13/h1,8-12H,5-7,13H2,2-3H3. The lowest BCUT2D eigenvalue weighted by Crippen LogP contribution is -2.49. The van der Waals surface area contributed by atoms with Crippen molar-refractivity contribution < 1.29 is 4.74 Å². The minimum Gasteiger partial charge on any atom is -0.364 e. The Morgan fingerprint density at radius 2 is 2.33 bits per heavy atom. The lowest BCUT2D eigenvalue weighted by Gasteiger charge is -2.35. The first-order chi connectivity index (χ1) is 7.15. The van der Waals surface area contributed by atoms with Crippen molar-refractivity contribution in [2.24, 2.45) is 11.7 Å². The van der Waals surface area contributed by atoms with Gasteiger partial charge in [0.05, 0.1) is 12.1 Å². The smallest absolute Gasteiger partial charge is 0.107 e. The maximum atomic E-state index is 6.20. The highest BCUT2D eigenvalue weighted by molar-refractivity contribution is 5.08. The van der Waals surface area contributed by atoms with Crippen molar-refractivity contribution in [3.63, 3.8) is 0 Å². The normalized spacial score (nSPS) is 39.9. The lowest BCUT2D eigenvalue weighted by atomic mass is 10.1. The molecule has 0 spiro atoms. The molecule has 15 heavy (non-hydrogen) atoms. The van der Waals surface area contributed by atoms with Crippen molar-refractivity contribution in [3.05, 3.63) is 0 Å². The SMILES string of the molecule is C#CCOC1CC2CN(C(C)C)C1C2N. The lowest BCUT2D eigenvalue weighted by molar-refractivity contribution is -0.00674. The summed E-state index contributed by atoms with van der Waals surface area (Å²) in [4.78, 5) is 2.46. The molecule has 3 nitrogen and oxygen atoms in total. The summed E-state index contributed by atoms with van der Waals surface area (Å²) in [5.41, 5.74) is 6.20. The van der Waals surface area contributed by atoms with E-state index in [-0.39, 0.29) is 12.1 Å². The van der Waals surface area contributed by atoms with Crippen LogP contribution in [0.4, 0.5) is 0 Å². The minimum atomic E-state index is 0.247. The summed E-state index contributed by atoms with van der Waals surface area (Å²) in [6.45, 7) is 5.96. The molecular weight excluding hydrogens is 188 g/mol. The van der Waals surface area contributed by atoms with E-state index in [0.717, 1.165) is 13.0 Å². The molecule has 1 saturated heterocycles. The summed E-state index contributed by atoms with van der Waals surface area (Å²) in [6.07, 6.45) is 6.54. The molecule has 0 aromatic carbocycles. The summed E-state index contributed by atoms with van der Waals surface area (Å²) < 4.78 is 5.68. The van der Waals surface area contributed by atoms with Gasteiger partial charge in [-0.2, -0.15) is 0 Å². The van der Waals surface area contributed by atoms with Crippen LogP contribution in [0.3, 0.4) is 0 Å². The van der Waals surface area contributed by atoms with Gasteiger partial charge in [0.1, 0.15) is 6.61 Å². The van der Waals surface area contributed by atoms with Gasteiger partial charge in [-0.25, -0.2) is 0 Å². The maximum Gasteiger partial charge on any atom is 0.107 e. The van der Waals surface area contributed by atoms with Crippen molar-refractivity contribution in [2.75, 3.05) is 13.2 Å². The Labute approximate surface area is 92.0 Å². The molecule has 2 rings (SSSR count). The summed E-state index contributed by atoms with van der Waals surface area (Å²) in [7, 11) is 0. The molecule has 1 saturated carbocycles. The molecule has 84 valence electrons. The molecule has 2 aliphatic rings. The van der Waals surface area contributed by atoms with Gasteiger partial charge in [-0.05, 0) is 26.2 Å². The summed E-state index contributed by atoms with van der Waals surface area (Å²) in [5, 5.41) is 0. The number of nitrogens with zero attached hydrogens (tertiary/aromatic N) is 1. The molecule has 0 amide bonds. The van der Waals surface area contributed by atoms with E-state index in [1.54, 1.807) is 0 Å². The van der Waals surface area contributed by atoms with Crippen LogP contribution >= 0.6 is 0 Å². The van der Waals surface area contributed by atoms with E-state index in [4.69, 9.17) is 16.9 Å². The van der Waals surface area contributed by atoms with Crippen LogP contribution in [0.15, 0.2) is 0 Å². The number of likely N-dealkylation sites (tertiary alicyclic amines) is 1. The van der Waals surface area contributed by atoms with Gasteiger partial charge in [0.15, 0.2) is 0 Å². The van der Waals surface area contributed by atoms with Gasteiger partial charge >= 0.3 is 0 Å². The first-order valence-electron chi connectivity index (χ1n) is 5.71. The van der Waals surface area contributed by atoms with Crippen molar-refractivity contribution in [2.45, 2.75) is 44.5 Å². The molecule has 2 N–H and O–H groups in total. The highest BCUT2D eigenvalue weighted by atomic mass is 16.5. The summed E-state index contributed by atoms with van der Waals surface area (Å²) in [6, 6.07) is 1.20. The topological polar surface area (TPSA) is 38.5 Å². The van der Waals surface area contributed by atoms with Crippen molar-refractivity contribution >= 4 is 0 Å². The molecule has 0 aromatic heterocycles. The van der Waals surface area contributed by atoms with Crippen LogP contribution in [0.1, 0.15) is 20.3 Å². The number of rotatable bonds is 3. The number of hydrogen-bond acceptors (Lipinski definition) is 3. The number of terminal acetylenes is 1. The largest absolute Gasteiger partial charge is 0.364 e.